The zero-order valence-electron chi connectivity index (χ0n) is 26.0. The molecule has 262 valence electrons. The molecule has 8 bridgehead atoms. The van der Waals surface area contributed by atoms with Crippen LogP contribution < -0.4 is 25.6 Å². The van der Waals surface area contributed by atoms with Crippen LogP contribution in [0, 0.1) is 0 Å². The summed E-state index contributed by atoms with van der Waals surface area (Å²) < 4.78 is 14.0. The molecule has 1 atom stereocenters. The summed E-state index contributed by atoms with van der Waals surface area (Å²) in [6.45, 7) is 0.491. The molecule has 16 heteroatoms. The highest BCUT2D eigenvalue weighted by Gasteiger charge is 2.22. The lowest BCUT2D eigenvalue weighted by Gasteiger charge is -2.18. The minimum Gasteiger partial charge on any atom is -0.504 e. The van der Waals surface area contributed by atoms with Crippen LogP contribution in [0.25, 0.3) is 0 Å². The number of nitrogens with one attached hydrogen (secondary N) is 3. The van der Waals surface area contributed by atoms with Gasteiger partial charge in [-0.25, -0.2) is 0 Å². The van der Waals surface area contributed by atoms with Crippen LogP contribution in [-0.2, 0) is 35.3 Å². The Morgan fingerprint density at radius 1 is 0.720 bits per heavy atom. The molecule has 0 aliphatic carbocycles. The molecule has 12 nitrogen and oxygen atoms in total. The summed E-state index contributed by atoms with van der Waals surface area (Å²) >= 11 is 13.8. The maximum absolute atomic E-state index is 13.1. The first-order chi connectivity index (χ1) is 23.9. The average molecular weight is 942 g/mol. The van der Waals surface area contributed by atoms with Crippen LogP contribution in [0.2, 0.25) is 0 Å². The molecular weight excluding hydrogens is 912 g/mol. The highest BCUT2D eigenvalue weighted by Crippen LogP contribution is 2.43. The van der Waals surface area contributed by atoms with Gasteiger partial charge in [0.25, 0.3) is 5.91 Å². The normalized spacial score (nSPS) is 16.9. The Labute approximate surface area is 320 Å². The van der Waals surface area contributed by atoms with Gasteiger partial charge in [-0.2, -0.15) is 5.48 Å². The monoisotopic (exact) mass is 938 g/mol. The molecule has 3 aliphatic rings. The van der Waals surface area contributed by atoms with Gasteiger partial charge in [0.15, 0.2) is 28.7 Å². The van der Waals surface area contributed by atoms with E-state index < -0.39 is 17.9 Å². The molecule has 50 heavy (non-hydrogen) atoms. The van der Waals surface area contributed by atoms with Crippen molar-refractivity contribution >= 4 is 81.2 Å². The maximum Gasteiger partial charge on any atom is 0.269 e. The Morgan fingerprint density at radius 2 is 1.34 bits per heavy atom. The number of rotatable bonds is 1. The number of hydrogen-bond acceptors (Lipinski definition) is 10. The van der Waals surface area contributed by atoms with Crippen molar-refractivity contribution in [2.45, 2.75) is 31.7 Å². The molecule has 0 saturated heterocycles. The van der Waals surface area contributed by atoms with E-state index in [1.807, 2.05) is 12.1 Å². The van der Waals surface area contributed by atoms with Crippen LogP contribution in [0.5, 0.6) is 34.5 Å². The number of amides is 2. The van der Waals surface area contributed by atoms with Crippen LogP contribution in [-0.4, -0.2) is 57.3 Å². The number of hydroxylamine groups is 1. The van der Waals surface area contributed by atoms with Gasteiger partial charge in [0.05, 0.1) is 17.9 Å². The third-order valence-corrected chi connectivity index (χ3v) is 10.1. The molecule has 3 aliphatic heterocycles. The lowest BCUT2D eigenvalue weighted by atomic mass is 10.0. The number of fused-ring (bicyclic) bond motifs is 2. The first kappa shape index (κ1) is 37.6. The largest absolute Gasteiger partial charge is 0.504 e. The lowest BCUT2D eigenvalue weighted by molar-refractivity contribution is -0.125. The Balaban J connectivity index is 1.45. The Morgan fingerprint density at radius 3 is 2.02 bits per heavy atom. The van der Waals surface area contributed by atoms with Crippen LogP contribution in [0.15, 0.2) is 83.7 Å². The highest BCUT2D eigenvalue weighted by atomic mass is 79.9. The fourth-order valence-electron chi connectivity index (χ4n) is 5.10. The van der Waals surface area contributed by atoms with E-state index in [1.54, 1.807) is 42.5 Å². The molecule has 4 aromatic carbocycles. The van der Waals surface area contributed by atoms with Crippen LogP contribution >= 0.6 is 63.7 Å². The third kappa shape index (κ3) is 9.35. The molecule has 3 heterocycles. The SMILES string of the molecule is O=C1NCCc2ccc(c(Br)c2)Oc2cc(ccc2O)CCNC(=O)C(NO)Cc2cc(Br)c(O)c(c2)Oc2c(Br)cc(cc2Br)C/C1=N\O. The van der Waals surface area contributed by atoms with Crippen molar-refractivity contribution in [3.63, 3.8) is 0 Å². The van der Waals surface area contributed by atoms with Crippen molar-refractivity contribution in [1.29, 1.82) is 0 Å². The van der Waals surface area contributed by atoms with Crippen molar-refractivity contribution in [1.82, 2.24) is 16.1 Å². The van der Waals surface area contributed by atoms with Gasteiger partial charge in [0.2, 0.25) is 5.91 Å². The fourth-order valence-corrected chi connectivity index (χ4v) is 7.54. The molecule has 0 fully saturated rings. The molecular formula is C34H30Br4N4O8. The summed E-state index contributed by atoms with van der Waals surface area (Å²) in [5, 5.41) is 49.6. The number of oxime groups is 1. The minimum atomic E-state index is -1.04. The Kier molecular flexibility index (Phi) is 12.8. The van der Waals surface area contributed by atoms with E-state index in [4.69, 9.17) is 9.47 Å². The van der Waals surface area contributed by atoms with E-state index in [0.717, 1.165) is 11.1 Å². The number of phenols is 2. The van der Waals surface area contributed by atoms with Crippen LogP contribution in [0.3, 0.4) is 0 Å². The summed E-state index contributed by atoms with van der Waals surface area (Å²) in [5.74, 6) is -0.221. The number of hydrogen-bond donors (Lipinski definition) is 7. The minimum absolute atomic E-state index is 0.00462. The zero-order valence-corrected chi connectivity index (χ0v) is 32.3. The molecule has 0 aromatic heterocycles. The Hall–Kier alpha value is -3.67. The quantitative estimate of drug-likeness (QED) is 0.0779. The van der Waals surface area contributed by atoms with E-state index in [-0.39, 0.29) is 54.6 Å². The molecule has 0 saturated carbocycles. The lowest BCUT2D eigenvalue weighted by Crippen LogP contribution is -2.44. The number of nitrogens with zero attached hydrogens (tertiary/aromatic N) is 1. The fraction of sp³-hybridized carbons (Fsp3) is 0.206. The number of carbonyl (C=O) groups is 2. The molecule has 4 aromatic rings. The predicted octanol–water partition coefficient (Wildman–Crippen LogP) is 7.03. The first-order valence-corrected chi connectivity index (χ1v) is 18.2. The van der Waals surface area contributed by atoms with Gasteiger partial charge in [-0.15, -0.1) is 0 Å². The molecule has 7 N–H and O–H groups in total. The highest BCUT2D eigenvalue weighted by molar-refractivity contribution is 9.11. The van der Waals surface area contributed by atoms with E-state index >= 15 is 0 Å². The summed E-state index contributed by atoms with van der Waals surface area (Å²) in [5.41, 5.74) is 4.79. The standard InChI is InChI=1S/C34H30Br4N4O8/c35-21-9-17-2-4-28(21)49-29-15-18(1-3-27(29)43)6-8-40-34(46)26(42-48)14-20-10-22(36)31(44)30(16-20)50-32-23(37)11-19(12-24(32)38)13-25(41-47)33(45)39-7-5-17/h1-4,9-12,15-16,26,42-44,47-48H,5-8,13-14H2,(H,39,45)(H,40,46)/b41-25+. The van der Waals surface area contributed by atoms with Crippen molar-refractivity contribution in [3.05, 3.63) is 101 Å². The first-order valence-electron chi connectivity index (χ1n) is 15.1. The van der Waals surface area contributed by atoms with Crippen LogP contribution in [0.4, 0.5) is 0 Å². The summed E-state index contributed by atoms with van der Waals surface area (Å²) in [4.78, 5) is 26.0. The Bertz CT molecular complexity index is 1940. The van der Waals surface area contributed by atoms with E-state index in [0.29, 0.717) is 53.4 Å². The van der Waals surface area contributed by atoms with Gasteiger partial charge in [-0.1, -0.05) is 17.3 Å². The molecule has 1 unspecified atom stereocenters. The number of phenolic OH excluding ortho intramolecular Hbond substituents is 2. The van der Waals surface area contributed by atoms with Crippen molar-refractivity contribution in [2.24, 2.45) is 5.16 Å². The molecule has 2 amide bonds. The summed E-state index contributed by atoms with van der Waals surface area (Å²) in [6, 6.07) is 15.8. The van der Waals surface area contributed by atoms with E-state index in [1.165, 1.54) is 6.07 Å². The second-order valence-electron chi connectivity index (χ2n) is 11.2. The smallest absolute Gasteiger partial charge is 0.269 e. The topological polar surface area (TPSA) is 182 Å². The number of aromatic hydroxyl groups is 2. The molecule has 0 spiro atoms. The van der Waals surface area contributed by atoms with E-state index in [2.05, 4.69) is 85.0 Å². The number of ether oxygens (including phenoxy) is 2. The van der Waals surface area contributed by atoms with Gasteiger partial charge in [-0.05, 0) is 154 Å². The van der Waals surface area contributed by atoms with Crippen molar-refractivity contribution < 1.29 is 39.7 Å². The number of carbonyl (C=O) groups excluding carboxylic acids is 2. The van der Waals surface area contributed by atoms with Crippen molar-refractivity contribution in [3.8, 4) is 34.5 Å². The zero-order chi connectivity index (χ0) is 35.9. The van der Waals surface area contributed by atoms with Gasteiger partial charge >= 0.3 is 0 Å². The van der Waals surface area contributed by atoms with Gasteiger partial charge < -0.3 is 40.7 Å². The second kappa shape index (κ2) is 17.0. The second-order valence-corrected chi connectivity index (χ2v) is 14.7. The molecule has 0 radical (unpaired) electrons. The molecule has 7 rings (SSSR count). The van der Waals surface area contributed by atoms with E-state index in [9.17, 15) is 30.2 Å². The van der Waals surface area contributed by atoms with Crippen molar-refractivity contribution in [2.75, 3.05) is 13.1 Å². The van der Waals surface area contributed by atoms with Gasteiger partial charge in [0, 0.05) is 19.5 Å². The number of halogens is 4. The third-order valence-electron chi connectivity index (χ3n) is 7.68. The summed E-state index contributed by atoms with van der Waals surface area (Å²) in [7, 11) is 0. The summed E-state index contributed by atoms with van der Waals surface area (Å²) in [6.07, 6.45) is 0.903. The van der Waals surface area contributed by atoms with Gasteiger partial charge in [0.1, 0.15) is 17.5 Å². The van der Waals surface area contributed by atoms with Crippen LogP contribution in [0.1, 0.15) is 22.3 Å². The number of benzene rings is 4. The maximum atomic E-state index is 13.1. The van der Waals surface area contributed by atoms with Gasteiger partial charge in [-0.3, -0.25) is 9.59 Å². The predicted molar refractivity (Wildman–Crippen MR) is 199 cm³/mol. The average Bonchev–Trinajstić information content (AvgIpc) is 3.08.